The van der Waals surface area contributed by atoms with Crippen molar-refractivity contribution in [3.8, 4) is 0 Å². The van der Waals surface area contributed by atoms with Crippen molar-refractivity contribution in [2.75, 3.05) is 18.0 Å². The van der Waals surface area contributed by atoms with Gasteiger partial charge in [-0.15, -0.1) is 0 Å². The number of rotatable bonds is 3. The largest absolute Gasteiger partial charge is 0.444 e. The van der Waals surface area contributed by atoms with Crippen molar-refractivity contribution >= 4 is 33.4 Å². The summed E-state index contributed by atoms with van der Waals surface area (Å²) in [5.74, 6) is 0. The summed E-state index contributed by atoms with van der Waals surface area (Å²) in [6.07, 6.45) is 0.724. The highest BCUT2D eigenvalue weighted by Crippen LogP contribution is 2.35. The molecule has 0 spiro atoms. The maximum atomic E-state index is 13.0. The zero-order valence-corrected chi connectivity index (χ0v) is 18.0. The Morgan fingerprint density at radius 1 is 1.07 bits per heavy atom. The molecular formula is C21H23ClN2O4S. The standard InChI is InChI=1S/C21H23ClN2O4S/c1-14-6-7-18(12-19(14)22)29(26,27)23-10-8-17(9-11-23)24-20-15(2)4-3-5-16(20)13-28-21(24)25/h3-7,12,17H,8-11,13H2,1-2H3. The van der Waals surface area contributed by atoms with Gasteiger partial charge >= 0.3 is 6.09 Å². The van der Waals surface area contributed by atoms with E-state index in [4.69, 9.17) is 16.3 Å². The second kappa shape index (κ2) is 7.63. The number of anilines is 1. The summed E-state index contributed by atoms with van der Waals surface area (Å²) in [6.45, 7) is 4.76. The number of carbonyl (C=O) groups is 1. The lowest BCUT2D eigenvalue weighted by molar-refractivity contribution is 0.135. The van der Waals surface area contributed by atoms with E-state index < -0.39 is 10.0 Å². The Balaban J connectivity index is 1.54. The molecule has 1 saturated heterocycles. The van der Waals surface area contributed by atoms with Crippen molar-refractivity contribution in [1.82, 2.24) is 4.31 Å². The molecule has 2 aliphatic rings. The average Bonchev–Trinajstić information content (AvgIpc) is 2.70. The molecule has 2 aliphatic heterocycles. The van der Waals surface area contributed by atoms with Gasteiger partial charge in [0.2, 0.25) is 10.0 Å². The summed E-state index contributed by atoms with van der Waals surface area (Å²) in [4.78, 5) is 14.4. The fourth-order valence-corrected chi connectivity index (χ4v) is 5.78. The molecule has 0 atom stereocenters. The molecule has 1 amide bonds. The lowest BCUT2D eigenvalue weighted by Gasteiger charge is -2.40. The molecule has 0 saturated carbocycles. The Morgan fingerprint density at radius 2 is 1.79 bits per heavy atom. The van der Waals surface area contributed by atoms with E-state index in [9.17, 15) is 13.2 Å². The third-order valence-electron chi connectivity index (χ3n) is 5.68. The van der Waals surface area contributed by atoms with Crippen molar-refractivity contribution in [1.29, 1.82) is 0 Å². The highest BCUT2D eigenvalue weighted by atomic mass is 35.5. The number of halogens is 1. The maximum Gasteiger partial charge on any atom is 0.414 e. The Labute approximate surface area is 176 Å². The van der Waals surface area contributed by atoms with Crippen LogP contribution < -0.4 is 4.90 Å². The van der Waals surface area contributed by atoms with E-state index in [1.807, 2.05) is 32.0 Å². The highest BCUT2D eigenvalue weighted by molar-refractivity contribution is 7.89. The quantitative estimate of drug-likeness (QED) is 0.723. The summed E-state index contributed by atoms with van der Waals surface area (Å²) in [5.41, 5.74) is 3.73. The first-order valence-corrected chi connectivity index (χ1v) is 11.4. The van der Waals surface area contributed by atoms with Gasteiger partial charge in [-0.2, -0.15) is 4.31 Å². The second-order valence-electron chi connectivity index (χ2n) is 7.55. The molecular weight excluding hydrogens is 412 g/mol. The van der Waals surface area contributed by atoms with E-state index in [0.717, 1.165) is 22.4 Å². The normalized spacial score (nSPS) is 18.4. The number of sulfonamides is 1. The number of nitrogens with zero attached hydrogens (tertiary/aromatic N) is 2. The van der Waals surface area contributed by atoms with Gasteiger partial charge in [-0.25, -0.2) is 13.2 Å². The Kier molecular flexibility index (Phi) is 5.31. The number of cyclic esters (lactones) is 1. The third-order valence-corrected chi connectivity index (χ3v) is 7.98. The summed E-state index contributed by atoms with van der Waals surface area (Å²) in [7, 11) is -3.62. The van der Waals surface area contributed by atoms with E-state index >= 15 is 0 Å². The first-order valence-electron chi connectivity index (χ1n) is 9.60. The average molecular weight is 435 g/mol. The molecule has 2 aromatic rings. The number of hydrogen-bond acceptors (Lipinski definition) is 4. The van der Waals surface area contributed by atoms with E-state index in [0.29, 0.717) is 31.0 Å². The summed E-state index contributed by atoms with van der Waals surface area (Å²) in [6, 6.07) is 10.6. The maximum absolute atomic E-state index is 13.0. The third kappa shape index (κ3) is 3.63. The molecule has 6 nitrogen and oxygen atoms in total. The van der Waals surface area contributed by atoms with Crippen molar-refractivity contribution in [3.63, 3.8) is 0 Å². The van der Waals surface area contributed by atoms with Crippen LogP contribution in [0.3, 0.4) is 0 Å². The number of para-hydroxylation sites is 1. The van der Waals surface area contributed by atoms with E-state index in [2.05, 4.69) is 0 Å². The number of piperidine rings is 1. The monoisotopic (exact) mass is 434 g/mol. The van der Waals surface area contributed by atoms with Gasteiger partial charge in [-0.1, -0.05) is 35.9 Å². The van der Waals surface area contributed by atoms with Crippen LogP contribution in [-0.4, -0.2) is 37.9 Å². The summed E-state index contributed by atoms with van der Waals surface area (Å²) < 4.78 is 32.8. The Morgan fingerprint density at radius 3 is 2.48 bits per heavy atom. The molecule has 0 bridgehead atoms. The number of hydrogen-bond donors (Lipinski definition) is 0. The lowest BCUT2D eigenvalue weighted by Crippen LogP contribution is -2.50. The molecule has 4 rings (SSSR count). The minimum Gasteiger partial charge on any atom is -0.444 e. The molecule has 0 N–H and O–H groups in total. The molecule has 1 fully saturated rings. The first kappa shape index (κ1) is 20.2. The zero-order chi connectivity index (χ0) is 20.8. The van der Waals surface area contributed by atoms with Crippen LogP contribution in [0.25, 0.3) is 0 Å². The molecule has 8 heteroatoms. The van der Waals surface area contributed by atoms with Crippen molar-refractivity contribution < 1.29 is 17.9 Å². The van der Waals surface area contributed by atoms with Crippen LogP contribution in [-0.2, 0) is 21.4 Å². The Hall–Kier alpha value is -2.09. The molecule has 0 aliphatic carbocycles. The summed E-state index contributed by atoms with van der Waals surface area (Å²) >= 11 is 6.12. The minimum atomic E-state index is -3.62. The number of ether oxygens (including phenoxy) is 1. The van der Waals surface area contributed by atoms with Crippen LogP contribution in [0, 0.1) is 13.8 Å². The van der Waals surface area contributed by atoms with Gasteiger partial charge in [-0.3, -0.25) is 4.90 Å². The number of carbonyl (C=O) groups excluding carboxylic acids is 1. The summed E-state index contributed by atoms with van der Waals surface area (Å²) in [5, 5.41) is 0.434. The predicted octanol–water partition coefficient (Wildman–Crippen LogP) is 4.27. The fourth-order valence-electron chi connectivity index (χ4n) is 4.04. The van der Waals surface area contributed by atoms with E-state index in [1.165, 1.54) is 10.4 Å². The lowest BCUT2D eigenvalue weighted by atomic mass is 10.00. The van der Waals surface area contributed by atoms with Crippen LogP contribution >= 0.6 is 11.6 Å². The topological polar surface area (TPSA) is 66.9 Å². The molecule has 0 aromatic heterocycles. The zero-order valence-electron chi connectivity index (χ0n) is 16.4. The van der Waals surface area contributed by atoms with Gasteiger partial charge in [0.15, 0.2) is 0 Å². The number of aryl methyl sites for hydroxylation is 2. The number of fused-ring (bicyclic) bond motifs is 1. The molecule has 0 radical (unpaired) electrons. The van der Waals surface area contributed by atoms with Gasteiger partial charge in [-0.05, 0) is 49.9 Å². The fraction of sp³-hybridized carbons (Fsp3) is 0.381. The SMILES string of the molecule is Cc1ccc(S(=O)(=O)N2CCC(N3C(=O)OCc4cccc(C)c43)CC2)cc1Cl. The van der Waals surface area contributed by atoms with Crippen molar-refractivity contribution in [3.05, 3.63) is 58.1 Å². The highest BCUT2D eigenvalue weighted by Gasteiger charge is 2.37. The van der Waals surface area contributed by atoms with Gasteiger partial charge in [0, 0.05) is 29.7 Å². The van der Waals surface area contributed by atoms with Crippen LogP contribution in [0.2, 0.25) is 5.02 Å². The van der Waals surface area contributed by atoms with Crippen LogP contribution in [0.15, 0.2) is 41.3 Å². The molecule has 29 heavy (non-hydrogen) atoms. The minimum absolute atomic E-state index is 0.101. The molecule has 2 heterocycles. The van der Waals surface area contributed by atoms with Gasteiger partial charge in [0.1, 0.15) is 6.61 Å². The second-order valence-corrected chi connectivity index (χ2v) is 9.90. The van der Waals surface area contributed by atoms with E-state index in [1.54, 1.807) is 17.0 Å². The van der Waals surface area contributed by atoms with Crippen LogP contribution in [0.1, 0.15) is 29.5 Å². The smallest absolute Gasteiger partial charge is 0.414 e. The van der Waals surface area contributed by atoms with Gasteiger partial charge in [0.05, 0.1) is 10.6 Å². The van der Waals surface area contributed by atoms with Crippen molar-refractivity contribution in [2.45, 2.75) is 44.2 Å². The first-order chi connectivity index (χ1) is 13.8. The number of amides is 1. The van der Waals surface area contributed by atoms with Gasteiger partial charge in [0.25, 0.3) is 0 Å². The number of benzene rings is 2. The Bertz CT molecular complexity index is 1060. The molecule has 154 valence electrons. The van der Waals surface area contributed by atoms with Crippen LogP contribution in [0.4, 0.5) is 10.5 Å². The predicted molar refractivity (Wildman–Crippen MR) is 112 cm³/mol. The molecule has 2 aromatic carbocycles. The molecule has 0 unspecified atom stereocenters. The van der Waals surface area contributed by atoms with Gasteiger partial charge < -0.3 is 4.74 Å². The van der Waals surface area contributed by atoms with E-state index in [-0.39, 0.29) is 23.6 Å². The van der Waals surface area contributed by atoms with Crippen molar-refractivity contribution in [2.24, 2.45) is 0 Å². The van der Waals surface area contributed by atoms with Crippen LogP contribution in [0.5, 0.6) is 0 Å².